The van der Waals surface area contributed by atoms with Gasteiger partial charge in [0.15, 0.2) is 5.65 Å². The van der Waals surface area contributed by atoms with Crippen LogP contribution < -0.4 is 21.1 Å². The van der Waals surface area contributed by atoms with Crippen molar-refractivity contribution in [2.45, 2.75) is 45.8 Å². The fourth-order valence-electron chi connectivity index (χ4n) is 5.04. The Bertz CT molecular complexity index is 1470. The molecular weight excluding hydrogens is 506 g/mol. The van der Waals surface area contributed by atoms with Gasteiger partial charge in [-0.3, -0.25) is 4.79 Å². The number of likely N-dealkylation sites (tertiary alicyclic amines) is 1. The van der Waals surface area contributed by atoms with Crippen molar-refractivity contribution in [3.05, 3.63) is 72.1 Å². The summed E-state index contributed by atoms with van der Waals surface area (Å²) >= 11 is 0. The summed E-state index contributed by atoms with van der Waals surface area (Å²) in [6.07, 6.45) is 4.83. The Morgan fingerprint density at radius 1 is 1.00 bits per heavy atom. The smallest absolute Gasteiger partial charge is 0.314 e. The third kappa shape index (κ3) is 5.85. The van der Waals surface area contributed by atoms with Gasteiger partial charge in [0.1, 0.15) is 5.75 Å². The van der Waals surface area contributed by atoms with Crippen molar-refractivity contribution >= 4 is 28.7 Å². The molecule has 0 aliphatic carbocycles. The SMILES string of the molecule is CCOc1ccc(-c2ccc(CNC(=O)c3cnc4c(cnn4CC)c3NC3CCN(C(N)=O)CC3)cc2)cc1. The number of nitrogens with two attached hydrogens (primary N) is 1. The van der Waals surface area contributed by atoms with Crippen molar-refractivity contribution in [2.75, 3.05) is 25.0 Å². The summed E-state index contributed by atoms with van der Waals surface area (Å²) in [5.74, 6) is 0.636. The lowest BCUT2D eigenvalue weighted by molar-refractivity contribution is 0.0951. The summed E-state index contributed by atoms with van der Waals surface area (Å²) in [4.78, 5) is 31.2. The molecule has 10 nitrogen and oxygen atoms in total. The zero-order valence-corrected chi connectivity index (χ0v) is 22.9. The van der Waals surface area contributed by atoms with Crippen molar-refractivity contribution < 1.29 is 14.3 Å². The van der Waals surface area contributed by atoms with Crippen LogP contribution in [0, 0.1) is 0 Å². The van der Waals surface area contributed by atoms with E-state index in [0.29, 0.717) is 44.0 Å². The molecule has 2 aromatic carbocycles. The van der Waals surface area contributed by atoms with Gasteiger partial charge in [-0.15, -0.1) is 0 Å². The van der Waals surface area contributed by atoms with Gasteiger partial charge in [0.05, 0.1) is 29.4 Å². The van der Waals surface area contributed by atoms with E-state index in [4.69, 9.17) is 10.5 Å². The Labute approximate surface area is 233 Å². The topological polar surface area (TPSA) is 127 Å². The van der Waals surface area contributed by atoms with Crippen molar-refractivity contribution in [3.8, 4) is 16.9 Å². The largest absolute Gasteiger partial charge is 0.494 e. The molecule has 4 aromatic rings. The van der Waals surface area contributed by atoms with Crippen LogP contribution in [0.5, 0.6) is 5.75 Å². The maximum absolute atomic E-state index is 13.4. The maximum atomic E-state index is 13.4. The molecular formula is C30H35N7O3. The molecule has 2 aromatic heterocycles. The van der Waals surface area contributed by atoms with Crippen LogP contribution in [-0.4, -0.2) is 57.3 Å². The molecule has 0 radical (unpaired) electrons. The number of carbonyl (C=O) groups excluding carboxylic acids is 2. The molecule has 1 aliphatic heterocycles. The number of aryl methyl sites for hydroxylation is 1. The number of aromatic nitrogens is 3. The lowest BCUT2D eigenvalue weighted by Crippen LogP contribution is -2.44. The summed E-state index contributed by atoms with van der Waals surface area (Å²) in [6.45, 7) is 6.81. The van der Waals surface area contributed by atoms with E-state index in [0.717, 1.165) is 46.3 Å². The van der Waals surface area contributed by atoms with E-state index in [9.17, 15) is 9.59 Å². The number of anilines is 1. The van der Waals surface area contributed by atoms with Crippen molar-refractivity contribution in [3.63, 3.8) is 0 Å². The van der Waals surface area contributed by atoms with E-state index in [1.54, 1.807) is 17.3 Å². The number of fused-ring (bicyclic) bond motifs is 1. The number of amides is 3. The van der Waals surface area contributed by atoms with Gasteiger partial charge < -0.3 is 26.0 Å². The molecule has 0 bridgehead atoms. The molecule has 208 valence electrons. The Morgan fingerprint density at radius 2 is 1.68 bits per heavy atom. The second-order valence-electron chi connectivity index (χ2n) is 9.83. The number of nitrogens with zero attached hydrogens (tertiary/aromatic N) is 4. The number of pyridine rings is 1. The molecule has 0 saturated carbocycles. The van der Waals surface area contributed by atoms with E-state index in [1.807, 2.05) is 54.9 Å². The van der Waals surface area contributed by atoms with Gasteiger partial charge in [0, 0.05) is 38.4 Å². The first-order chi connectivity index (χ1) is 19.5. The van der Waals surface area contributed by atoms with Crippen LogP contribution >= 0.6 is 0 Å². The van der Waals surface area contributed by atoms with E-state index < -0.39 is 6.03 Å². The first-order valence-corrected chi connectivity index (χ1v) is 13.7. The number of ether oxygens (including phenoxy) is 1. The molecule has 1 aliphatic rings. The van der Waals surface area contributed by atoms with Gasteiger partial charge in [-0.25, -0.2) is 14.5 Å². The molecule has 5 rings (SSSR count). The number of hydrogen-bond donors (Lipinski definition) is 3. The van der Waals surface area contributed by atoms with Gasteiger partial charge in [-0.1, -0.05) is 36.4 Å². The summed E-state index contributed by atoms with van der Waals surface area (Å²) in [7, 11) is 0. The molecule has 10 heteroatoms. The van der Waals surface area contributed by atoms with Crippen LogP contribution in [0.2, 0.25) is 0 Å². The average Bonchev–Trinajstić information content (AvgIpc) is 3.41. The van der Waals surface area contributed by atoms with Crippen LogP contribution in [0.1, 0.15) is 42.6 Å². The van der Waals surface area contributed by atoms with Crippen LogP contribution in [0.25, 0.3) is 22.2 Å². The van der Waals surface area contributed by atoms with E-state index in [2.05, 4.69) is 32.8 Å². The molecule has 0 unspecified atom stereocenters. The second kappa shape index (κ2) is 12.1. The number of piperidine rings is 1. The molecule has 4 N–H and O–H groups in total. The van der Waals surface area contributed by atoms with E-state index in [1.165, 1.54) is 0 Å². The molecule has 3 amide bonds. The number of rotatable bonds is 9. The predicted octanol–water partition coefficient (Wildman–Crippen LogP) is 4.40. The van der Waals surface area contributed by atoms with E-state index >= 15 is 0 Å². The number of nitrogens with one attached hydrogen (secondary N) is 2. The summed E-state index contributed by atoms with van der Waals surface area (Å²) < 4.78 is 7.34. The quantitative estimate of drug-likeness (QED) is 0.288. The number of primary amides is 1. The highest BCUT2D eigenvalue weighted by atomic mass is 16.5. The Hall–Kier alpha value is -4.60. The second-order valence-corrected chi connectivity index (χ2v) is 9.83. The molecule has 1 fully saturated rings. The van der Waals surface area contributed by atoms with E-state index in [-0.39, 0.29) is 11.9 Å². The minimum Gasteiger partial charge on any atom is -0.494 e. The summed E-state index contributed by atoms with van der Waals surface area (Å²) in [5, 5.41) is 11.9. The van der Waals surface area contributed by atoms with Crippen LogP contribution in [-0.2, 0) is 13.1 Å². The van der Waals surface area contributed by atoms with Gasteiger partial charge in [0.2, 0.25) is 0 Å². The lowest BCUT2D eigenvalue weighted by atomic mass is 10.0. The highest BCUT2D eigenvalue weighted by Crippen LogP contribution is 2.29. The summed E-state index contributed by atoms with van der Waals surface area (Å²) in [6, 6.07) is 15.8. The monoisotopic (exact) mass is 541 g/mol. The van der Waals surface area contributed by atoms with Crippen LogP contribution in [0.4, 0.5) is 10.5 Å². The molecule has 0 atom stereocenters. The number of benzene rings is 2. The molecule has 3 heterocycles. The first kappa shape index (κ1) is 27.0. The molecule has 0 spiro atoms. The average molecular weight is 542 g/mol. The summed E-state index contributed by atoms with van der Waals surface area (Å²) in [5.41, 5.74) is 10.5. The Morgan fingerprint density at radius 3 is 2.30 bits per heavy atom. The van der Waals surface area contributed by atoms with Crippen molar-refractivity contribution in [1.82, 2.24) is 25.0 Å². The van der Waals surface area contributed by atoms with Crippen molar-refractivity contribution in [1.29, 1.82) is 0 Å². The lowest BCUT2D eigenvalue weighted by Gasteiger charge is -2.32. The minimum absolute atomic E-state index is 0.0906. The molecule has 1 saturated heterocycles. The van der Waals surface area contributed by atoms with Gasteiger partial charge in [-0.05, 0) is 55.5 Å². The van der Waals surface area contributed by atoms with Crippen LogP contribution in [0.3, 0.4) is 0 Å². The van der Waals surface area contributed by atoms with Gasteiger partial charge >= 0.3 is 6.03 Å². The fourth-order valence-corrected chi connectivity index (χ4v) is 5.04. The van der Waals surface area contributed by atoms with Crippen molar-refractivity contribution in [2.24, 2.45) is 5.73 Å². The zero-order valence-electron chi connectivity index (χ0n) is 22.9. The third-order valence-corrected chi connectivity index (χ3v) is 7.27. The first-order valence-electron chi connectivity index (χ1n) is 13.7. The highest BCUT2D eigenvalue weighted by Gasteiger charge is 2.25. The third-order valence-electron chi connectivity index (χ3n) is 7.27. The van der Waals surface area contributed by atoms with Gasteiger partial charge in [0.25, 0.3) is 5.91 Å². The Balaban J connectivity index is 1.30. The van der Waals surface area contributed by atoms with Crippen LogP contribution in [0.15, 0.2) is 60.9 Å². The van der Waals surface area contributed by atoms with Gasteiger partial charge in [-0.2, -0.15) is 5.10 Å². The zero-order chi connectivity index (χ0) is 28.1. The fraction of sp³-hybridized carbons (Fsp3) is 0.333. The standard InChI is InChI=1S/C30H35N7O3/c1-3-37-28-25(19-34-37)27(35-23-13-15-36(16-14-23)30(31)39)26(18-32-28)29(38)33-17-20-5-7-21(8-6-20)22-9-11-24(12-10-22)40-4-2/h5-12,18-19,23H,3-4,13-17H2,1-2H3,(H2,31,39)(H,32,35)(H,33,38). The highest BCUT2D eigenvalue weighted by molar-refractivity contribution is 6.06. The normalized spacial score (nSPS) is 13.8. The number of urea groups is 1. The maximum Gasteiger partial charge on any atom is 0.314 e. The Kier molecular flexibility index (Phi) is 8.14. The number of hydrogen-bond acceptors (Lipinski definition) is 6. The predicted molar refractivity (Wildman–Crippen MR) is 155 cm³/mol. The number of carbonyl (C=O) groups is 2. The molecule has 40 heavy (non-hydrogen) atoms. The minimum atomic E-state index is -0.401.